The smallest absolute Gasteiger partial charge is 0.407 e. The molecule has 0 aromatic rings. The summed E-state index contributed by atoms with van der Waals surface area (Å²) in [6.45, 7) is 15.5. The highest BCUT2D eigenvalue weighted by Gasteiger charge is 2.47. The van der Waals surface area contributed by atoms with E-state index in [2.05, 4.69) is 38.3 Å². The van der Waals surface area contributed by atoms with E-state index in [0.29, 0.717) is 24.4 Å². The van der Waals surface area contributed by atoms with E-state index in [1.54, 1.807) is 0 Å². The molecule has 0 heterocycles. The van der Waals surface area contributed by atoms with Gasteiger partial charge in [-0.1, -0.05) is 27.7 Å². The second kappa shape index (κ2) is 7.18. The first-order valence-electron chi connectivity index (χ1n) is 8.31. The molecule has 1 saturated carbocycles. The normalized spacial score (nSPS) is 25.5. The lowest BCUT2D eigenvalue weighted by Gasteiger charge is -2.50. The minimum Gasteiger partial charge on any atom is -0.444 e. The monoisotopic (exact) mass is 314 g/mol. The Morgan fingerprint density at radius 1 is 1.32 bits per heavy atom. The molecule has 0 aliphatic heterocycles. The van der Waals surface area contributed by atoms with Gasteiger partial charge in [0.15, 0.2) is 0 Å². The summed E-state index contributed by atoms with van der Waals surface area (Å²) >= 11 is 0. The van der Waals surface area contributed by atoms with E-state index < -0.39 is 5.60 Å². The van der Waals surface area contributed by atoms with Gasteiger partial charge in [0.05, 0.1) is 6.10 Å². The zero-order valence-corrected chi connectivity index (χ0v) is 15.2. The van der Waals surface area contributed by atoms with Gasteiger partial charge in [-0.25, -0.2) is 4.79 Å². The van der Waals surface area contributed by atoms with Gasteiger partial charge in [-0.05, 0) is 39.0 Å². The number of nitrogens with one attached hydrogen (secondary N) is 2. The SMILES string of the molecule is CC(C)C(CNC(=O)OC(C)(C)C)CNC1CC(O)C1(C)C. The third-order valence-electron chi connectivity index (χ3n) is 4.69. The lowest BCUT2D eigenvalue weighted by Crippen LogP contribution is -2.61. The maximum atomic E-state index is 11.8. The number of alkyl carbamates (subject to hydrolysis) is 1. The Bertz CT molecular complexity index is 375. The van der Waals surface area contributed by atoms with E-state index in [4.69, 9.17) is 4.74 Å². The first-order chi connectivity index (χ1) is 9.93. The van der Waals surface area contributed by atoms with Crippen LogP contribution in [-0.4, -0.2) is 42.0 Å². The van der Waals surface area contributed by atoms with Crippen LogP contribution in [0.15, 0.2) is 0 Å². The summed E-state index contributed by atoms with van der Waals surface area (Å²) in [4.78, 5) is 11.8. The van der Waals surface area contributed by atoms with Crippen molar-refractivity contribution in [1.82, 2.24) is 10.6 Å². The summed E-state index contributed by atoms with van der Waals surface area (Å²) in [5.41, 5.74) is -0.540. The number of rotatable bonds is 6. The van der Waals surface area contributed by atoms with E-state index in [1.807, 2.05) is 20.8 Å². The van der Waals surface area contributed by atoms with Crippen LogP contribution in [0.5, 0.6) is 0 Å². The van der Waals surface area contributed by atoms with E-state index >= 15 is 0 Å². The molecule has 0 aromatic carbocycles. The fourth-order valence-corrected chi connectivity index (χ4v) is 2.61. The highest BCUT2D eigenvalue weighted by Crippen LogP contribution is 2.40. The Morgan fingerprint density at radius 3 is 2.32 bits per heavy atom. The summed E-state index contributed by atoms with van der Waals surface area (Å²) in [5, 5.41) is 16.2. The second-order valence-corrected chi connectivity index (χ2v) is 8.42. The quantitative estimate of drug-likeness (QED) is 0.704. The fraction of sp³-hybridized carbons (Fsp3) is 0.941. The Kier molecular flexibility index (Phi) is 6.27. The van der Waals surface area contributed by atoms with Crippen LogP contribution in [-0.2, 0) is 4.74 Å². The largest absolute Gasteiger partial charge is 0.444 e. The van der Waals surface area contributed by atoms with E-state index in [9.17, 15) is 9.90 Å². The van der Waals surface area contributed by atoms with Crippen LogP contribution in [0.3, 0.4) is 0 Å². The molecule has 5 nitrogen and oxygen atoms in total. The molecule has 0 bridgehead atoms. The van der Waals surface area contributed by atoms with Crippen LogP contribution in [0, 0.1) is 17.3 Å². The van der Waals surface area contributed by atoms with Crippen molar-refractivity contribution in [2.24, 2.45) is 17.3 Å². The molecule has 3 unspecified atom stereocenters. The molecule has 0 saturated heterocycles. The number of hydrogen-bond acceptors (Lipinski definition) is 4. The van der Waals surface area contributed by atoms with Crippen molar-refractivity contribution < 1.29 is 14.6 Å². The van der Waals surface area contributed by atoms with Crippen molar-refractivity contribution in [1.29, 1.82) is 0 Å². The average molecular weight is 314 g/mol. The van der Waals surface area contributed by atoms with Crippen molar-refractivity contribution in [3.05, 3.63) is 0 Å². The van der Waals surface area contributed by atoms with Crippen molar-refractivity contribution in [2.75, 3.05) is 13.1 Å². The first kappa shape index (κ1) is 19.2. The summed E-state index contributed by atoms with van der Waals surface area (Å²) < 4.78 is 5.27. The predicted molar refractivity (Wildman–Crippen MR) is 88.8 cm³/mol. The molecule has 3 N–H and O–H groups in total. The van der Waals surface area contributed by atoms with Crippen LogP contribution in [0.2, 0.25) is 0 Å². The zero-order chi connectivity index (χ0) is 17.1. The van der Waals surface area contributed by atoms with Gasteiger partial charge in [-0.3, -0.25) is 0 Å². The van der Waals surface area contributed by atoms with E-state index in [-0.39, 0.29) is 17.6 Å². The molecular formula is C17H34N2O3. The molecule has 1 aliphatic carbocycles. The van der Waals surface area contributed by atoms with Crippen LogP contribution < -0.4 is 10.6 Å². The average Bonchev–Trinajstić information content (AvgIpc) is 2.34. The Hall–Kier alpha value is -0.810. The first-order valence-corrected chi connectivity index (χ1v) is 8.31. The number of carbonyl (C=O) groups is 1. The standard InChI is InChI=1S/C17H34N2O3/c1-11(2)12(10-19-15(21)22-16(3,4)5)9-18-13-8-14(20)17(13,6)7/h11-14,18,20H,8-10H2,1-7H3,(H,19,21). The number of carbonyl (C=O) groups excluding carboxylic acids is 1. The number of ether oxygens (including phenoxy) is 1. The molecule has 1 rings (SSSR count). The van der Waals surface area contributed by atoms with Gasteiger partial charge in [0.1, 0.15) is 5.60 Å². The Labute approximate surface area is 135 Å². The fourth-order valence-electron chi connectivity index (χ4n) is 2.61. The lowest BCUT2D eigenvalue weighted by atomic mass is 9.64. The van der Waals surface area contributed by atoms with Gasteiger partial charge in [-0.15, -0.1) is 0 Å². The van der Waals surface area contributed by atoms with Crippen molar-refractivity contribution >= 4 is 6.09 Å². The predicted octanol–water partition coefficient (Wildman–Crippen LogP) is 2.53. The number of aliphatic hydroxyl groups excluding tert-OH is 1. The second-order valence-electron chi connectivity index (χ2n) is 8.42. The molecule has 22 heavy (non-hydrogen) atoms. The zero-order valence-electron chi connectivity index (χ0n) is 15.2. The molecule has 3 atom stereocenters. The van der Waals surface area contributed by atoms with Gasteiger partial charge >= 0.3 is 6.09 Å². The third kappa shape index (κ3) is 5.43. The maximum Gasteiger partial charge on any atom is 0.407 e. The highest BCUT2D eigenvalue weighted by molar-refractivity contribution is 5.67. The van der Waals surface area contributed by atoms with Gasteiger partial charge in [0.2, 0.25) is 0 Å². The van der Waals surface area contributed by atoms with Gasteiger partial charge < -0.3 is 20.5 Å². The Balaban J connectivity index is 2.39. The third-order valence-corrected chi connectivity index (χ3v) is 4.69. The molecule has 1 fully saturated rings. The maximum absolute atomic E-state index is 11.8. The summed E-state index contributed by atoms with van der Waals surface area (Å²) in [6.07, 6.45) is 0.219. The topological polar surface area (TPSA) is 70.6 Å². The number of aliphatic hydroxyl groups is 1. The van der Waals surface area contributed by atoms with Crippen LogP contribution in [0.25, 0.3) is 0 Å². The number of amides is 1. The molecule has 1 amide bonds. The van der Waals surface area contributed by atoms with Gasteiger partial charge in [0.25, 0.3) is 0 Å². The lowest BCUT2D eigenvalue weighted by molar-refractivity contribution is -0.0736. The van der Waals surface area contributed by atoms with E-state index in [1.165, 1.54) is 0 Å². The van der Waals surface area contributed by atoms with Gasteiger partial charge in [0, 0.05) is 24.5 Å². The summed E-state index contributed by atoms with van der Waals surface area (Å²) in [7, 11) is 0. The van der Waals surface area contributed by atoms with Crippen LogP contribution in [0.1, 0.15) is 54.9 Å². The van der Waals surface area contributed by atoms with Crippen molar-refractivity contribution in [3.63, 3.8) is 0 Å². The summed E-state index contributed by atoms with van der Waals surface area (Å²) in [5.74, 6) is 0.789. The van der Waals surface area contributed by atoms with E-state index in [0.717, 1.165) is 13.0 Å². The molecule has 0 spiro atoms. The van der Waals surface area contributed by atoms with Crippen LogP contribution >= 0.6 is 0 Å². The molecule has 130 valence electrons. The van der Waals surface area contributed by atoms with Crippen molar-refractivity contribution in [2.45, 2.75) is 72.6 Å². The van der Waals surface area contributed by atoms with Crippen molar-refractivity contribution in [3.8, 4) is 0 Å². The summed E-state index contributed by atoms with van der Waals surface area (Å²) in [6, 6.07) is 0.338. The van der Waals surface area contributed by atoms with Gasteiger partial charge in [-0.2, -0.15) is 0 Å². The minimum atomic E-state index is -0.470. The minimum absolute atomic E-state index is 0.0693. The molecule has 0 aromatic heterocycles. The molecule has 0 radical (unpaired) electrons. The number of hydrogen-bond donors (Lipinski definition) is 3. The Morgan fingerprint density at radius 2 is 1.91 bits per heavy atom. The van der Waals surface area contributed by atoms with Crippen LogP contribution in [0.4, 0.5) is 4.79 Å². The molecule has 5 heteroatoms. The molecular weight excluding hydrogens is 280 g/mol. The highest BCUT2D eigenvalue weighted by atomic mass is 16.6. The molecule has 1 aliphatic rings.